The van der Waals surface area contributed by atoms with E-state index in [0.717, 1.165) is 37.8 Å². The SMILES string of the molecule is Cc1nnsc1C(=O)NC[C@H](c1ccccc1)N1CCOCC1. The molecule has 1 aliphatic heterocycles. The zero-order chi connectivity index (χ0) is 16.1. The summed E-state index contributed by atoms with van der Waals surface area (Å²) in [4.78, 5) is 15.3. The maximum absolute atomic E-state index is 12.3. The minimum atomic E-state index is -0.105. The summed E-state index contributed by atoms with van der Waals surface area (Å²) in [5, 5.41) is 6.92. The molecule has 3 rings (SSSR count). The Balaban J connectivity index is 1.71. The third-order valence-electron chi connectivity index (χ3n) is 3.98. The Labute approximate surface area is 139 Å². The summed E-state index contributed by atoms with van der Waals surface area (Å²) in [6.07, 6.45) is 0. The van der Waals surface area contributed by atoms with Crippen LogP contribution in [-0.4, -0.2) is 53.2 Å². The number of nitrogens with zero attached hydrogens (tertiary/aromatic N) is 3. The molecule has 0 aliphatic carbocycles. The molecule has 1 aromatic carbocycles. The van der Waals surface area contributed by atoms with E-state index in [1.165, 1.54) is 5.56 Å². The van der Waals surface area contributed by atoms with Gasteiger partial charge in [0.05, 0.1) is 24.9 Å². The number of carbonyl (C=O) groups is 1. The van der Waals surface area contributed by atoms with Gasteiger partial charge in [-0.15, -0.1) is 5.10 Å². The van der Waals surface area contributed by atoms with Gasteiger partial charge in [-0.3, -0.25) is 9.69 Å². The van der Waals surface area contributed by atoms with Crippen molar-refractivity contribution in [2.45, 2.75) is 13.0 Å². The predicted octanol–water partition coefficient (Wildman–Crippen LogP) is 1.65. The van der Waals surface area contributed by atoms with Crippen LogP contribution in [0.3, 0.4) is 0 Å². The van der Waals surface area contributed by atoms with Crippen LogP contribution in [0.15, 0.2) is 30.3 Å². The van der Waals surface area contributed by atoms with Crippen LogP contribution < -0.4 is 5.32 Å². The molecule has 1 aromatic heterocycles. The number of ether oxygens (including phenoxy) is 1. The molecule has 0 radical (unpaired) electrons. The molecule has 1 saturated heterocycles. The molecule has 2 aromatic rings. The van der Waals surface area contributed by atoms with Crippen molar-refractivity contribution in [3.8, 4) is 0 Å². The van der Waals surface area contributed by atoms with E-state index in [9.17, 15) is 4.79 Å². The first-order valence-corrected chi connectivity index (χ1v) is 8.47. The minimum Gasteiger partial charge on any atom is -0.379 e. The zero-order valence-corrected chi connectivity index (χ0v) is 13.9. The Hall–Kier alpha value is -1.83. The highest BCUT2D eigenvalue weighted by Gasteiger charge is 2.24. The normalized spacial score (nSPS) is 16.9. The van der Waals surface area contributed by atoms with Gasteiger partial charge in [-0.2, -0.15) is 0 Å². The third-order valence-corrected chi connectivity index (χ3v) is 4.81. The first kappa shape index (κ1) is 16.0. The standard InChI is InChI=1S/C16H20N4O2S/c1-12-15(23-19-18-12)16(21)17-11-14(13-5-3-2-4-6-13)20-7-9-22-10-8-20/h2-6,14H,7-11H2,1H3,(H,17,21)/t14-/m1/s1. The van der Waals surface area contributed by atoms with E-state index in [1.54, 1.807) is 6.92 Å². The number of carbonyl (C=O) groups excluding carboxylic acids is 1. The smallest absolute Gasteiger partial charge is 0.265 e. The lowest BCUT2D eigenvalue weighted by Gasteiger charge is -2.34. The molecular formula is C16H20N4O2S. The van der Waals surface area contributed by atoms with Crippen LogP contribution in [0, 0.1) is 6.92 Å². The van der Waals surface area contributed by atoms with E-state index >= 15 is 0 Å². The van der Waals surface area contributed by atoms with E-state index in [4.69, 9.17) is 4.74 Å². The lowest BCUT2D eigenvalue weighted by Crippen LogP contribution is -2.43. The molecule has 0 bridgehead atoms. The van der Waals surface area contributed by atoms with Crippen molar-refractivity contribution in [1.82, 2.24) is 19.8 Å². The number of rotatable bonds is 5. The van der Waals surface area contributed by atoms with Gasteiger partial charge in [-0.1, -0.05) is 34.8 Å². The lowest BCUT2D eigenvalue weighted by molar-refractivity contribution is 0.0162. The monoisotopic (exact) mass is 332 g/mol. The fourth-order valence-electron chi connectivity index (χ4n) is 2.73. The summed E-state index contributed by atoms with van der Waals surface area (Å²) in [5.74, 6) is -0.105. The van der Waals surface area contributed by atoms with E-state index in [-0.39, 0.29) is 11.9 Å². The highest BCUT2D eigenvalue weighted by molar-refractivity contribution is 7.07. The van der Waals surface area contributed by atoms with Gasteiger partial charge in [0.15, 0.2) is 0 Å². The number of benzene rings is 1. The second-order valence-corrected chi connectivity index (χ2v) is 6.23. The van der Waals surface area contributed by atoms with Gasteiger partial charge in [0.1, 0.15) is 4.88 Å². The molecule has 0 saturated carbocycles. The number of morpholine rings is 1. The summed E-state index contributed by atoms with van der Waals surface area (Å²) in [6, 6.07) is 10.4. The zero-order valence-electron chi connectivity index (χ0n) is 13.1. The molecule has 1 aliphatic rings. The van der Waals surface area contributed by atoms with Crippen molar-refractivity contribution in [2.75, 3.05) is 32.8 Å². The first-order chi connectivity index (χ1) is 11.3. The van der Waals surface area contributed by atoms with E-state index < -0.39 is 0 Å². The Morgan fingerprint density at radius 1 is 1.35 bits per heavy atom. The Morgan fingerprint density at radius 2 is 2.09 bits per heavy atom. The number of nitrogens with one attached hydrogen (secondary N) is 1. The topological polar surface area (TPSA) is 67.4 Å². The van der Waals surface area contributed by atoms with Crippen molar-refractivity contribution < 1.29 is 9.53 Å². The molecule has 6 nitrogen and oxygen atoms in total. The van der Waals surface area contributed by atoms with Crippen LogP contribution in [0.1, 0.15) is 27.0 Å². The van der Waals surface area contributed by atoms with Gasteiger partial charge in [0.25, 0.3) is 5.91 Å². The summed E-state index contributed by atoms with van der Waals surface area (Å²) < 4.78 is 9.26. The molecule has 2 heterocycles. The average molecular weight is 332 g/mol. The van der Waals surface area contributed by atoms with Crippen LogP contribution in [0.2, 0.25) is 0 Å². The average Bonchev–Trinajstić information content (AvgIpc) is 3.03. The van der Waals surface area contributed by atoms with E-state index in [2.05, 4.69) is 31.9 Å². The maximum Gasteiger partial charge on any atom is 0.265 e. The molecule has 1 fully saturated rings. The minimum absolute atomic E-state index is 0.105. The molecular weight excluding hydrogens is 312 g/mol. The van der Waals surface area contributed by atoms with E-state index in [0.29, 0.717) is 17.1 Å². The fraction of sp³-hybridized carbons (Fsp3) is 0.438. The van der Waals surface area contributed by atoms with Gasteiger partial charge in [-0.25, -0.2) is 0 Å². The quantitative estimate of drug-likeness (QED) is 0.902. The molecule has 0 spiro atoms. The molecule has 23 heavy (non-hydrogen) atoms. The van der Waals surface area contributed by atoms with Crippen LogP contribution in [-0.2, 0) is 4.74 Å². The molecule has 1 N–H and O–H groups in total. The molecule has 0 unspecified atom stereocenters. The largest absolute Gasteiger partial charge is 0.379 e. The van der Waals surface area contributed by atoms with Gasteiger partial charge in [-0.05, 0) is 24.0 Å². The van der Waals surface area contributed by atoms with Crippen LogP contribution in [0.4, 0.5) is 0 Å². The highest BCUT2D eigenvalue weighted by atomic mass is 32.1. The Morgan fingerprint density at radius 3 is 2.74 bits per heavy atom. The maximum atomic E-state index is 12.3. The van der Waals surface area contributed by atoms with Crippen LogP contribution >= 0.6 is 11.5 Å². The van der Waals surface area contributed by atoms with Crippen LogP contribution in [0.5, 0.6) is 0 Å². The second-order valence-electron chi connectivity index (χ2n) is 5.47. The third kappa shape index (κ3) is 3.93. The number of amides is 1. The molecule has 122 valence electrons. The van der Waals surface area contributed by atoms with Crippen LogP contribution in [0.25, 0.3) is 0 Å². The number of aryl methyl sites for hydroxylation is 1. The van der Waals surface area contributed by atoms with Crippen molar-refractivity contribution >= 4 is 17.4 Å². The highest BCUT2D eigenvalue weighted by Crippen LogP contribution is 2.21. The number of hydrogen-bond donors (Lipinski definition) is 1. The Kier molecular flexibility index (Phi) is 5.32. The van der Waals surface area contributed by atoms with Crippen molar-refractivity contribution in [3.05, 3.63) is 46.5 Å². The second kappa shape index (κ2) is 7.63. The van der Waals surface area contributed by atoms with Gasteiger partial charge >= 0.3 is 0 Å². The fourth-order valence-corrected chi connectivity index (χ4v) is 3.30. The van der Waals surface area contributed by atoms with E-state index in [1.807, 2.05) is 18.2 Å². The van der Waals surface area contributed by atoms with Gasteiger partial charge in [0, 0.05) is 19.6 Å². The van der Waals surface area contributed by atoms with Crippen molar-refractivity contribution in [3.63, 3.8) is 0 Å². The van der Waals surface area contributed by atoms with Gasteiger partial charge < -0.3 is 10.1 Å². The Bertz CT molecular complexity index is 641. The molecule has 1 atom stereocenters. The number of aromatic nitrogens is 2. The molecule has 7 heteroatoms. The summed E-state index contributed by atoms with van der Waals surface area (Å²) in [7, 11) is 0. The molecule has 1 amide bonds. The lowest BCUT2D eigenvalue weighted by atomic mass is 10.0. The first-order valence-electron chi connectivity index (χ1n) is 7.69. The summed E-state index contributed by atoms with van der Waals surface area (Å²) >= 11 is 1.13. The summed E-state index contributed by atoms with van der Waals surface area (Å²) in [6.45, 7) is 5.56. The number of hydrogen-bond acceptors (Lipinski definition) is 6. The summed E-state index contributed by atoms with van der Waals surface area (Å²) in [5.41, 5.74) is 1.88. The predicted molar refractivity (Wildman–Crippen MR) is 88.6 cm³/mol. The van der Waals surface area contributed by atoms with Crippen molar-refractivity contribution in [1.29, 1.82) is 0 Å². The van der Waals surface area contributed by atoms with Gasteiger partial charge in [0.2, 0.25) is 0 Å². The van der Waals surface area contributed by atoms with Crippen molar-refractivity contribution in [2.24, 2.45) is 0 Å².